The molecule has 0 aliphatic carbocycles. The number of imidazole rings is 1. The van der Waals surface area contributed by atoms with Gasteiger partial charge in [0.25, 0.3) is 0 Å². The number of aromatic nitrogens is 2. The largest absolute Gasteiger partial charge is 0.477 e. The Morgan fingerprint density at radius 1 is 1.35 bits per heavy atom. The molecule has 0 unspecified atom stereocenters. The van der Waals surface area contributed by atoms with Crippen molar-refractivity contribution in [2.45, 2.75) is 19.9 Å². The van der Waals surface area contributed by atoms with Crippen LogP contribution >= 0.6 is 0 Å². The highest BCUT2D eigenvalue weighted by Crippen LogP contribution is 2.08. The van der Waals surface area contributed by atoms with E-state index in [1.54, 1.807) is 17.8 Å². The molecule has 0 spiro atoms. The third-order valence-electron chi connectivity index (χ3n) is 2.71. The van der Waals surface area contributed by atoms with Gasteiger partial charge in [0.1, 0.15) is 5.69 Å². The van der Waals surface area contributed by atoms with E-state index in [-0.39, 0.29) is 5.69 Å². The summed E-state index contributed by atoms with van der Waals surface area (Å²) in [7, 11) is 0. The average molecular weight is 230 g/mol. The average Bonchev–Trinajstić information content (AvgIpc) is 2.69. The van der Waals surface area contributed by atoms with Crippen LogP contribution in [0.2, 0.25) is 0 Å². The van der Waals surface area contributed by atoms with Crippen molar-refractivity contribution >= 4 is 5.97 Å². The van der Waals surface area contributed by atoms with Crippen molar-refractivity contribution in [2.75, 3.05) is 0 Å². The molecule has 4 heteroatoms. The Bertz CT molecular complexity index is 517. The molecule has 0 saturated heterocycles. The normalized spacial score (nSPS) is 10.4. The maximum absolute atomic E-state index is 11.1. The number of hydrogen-bond acceptors (Lipinski definition) is 2. The van der Waals surface area contributed by atoms with Crippen LogP contribution in [-0.4, -0.2) is 20.6 Å². The fourth-order valence-electron chi connectivity index (χ4n) is 1.82. The van der Waals surface area contributed by atoms with Crippen molar-refractivity contribution in [1.29, 1.82) is 0 Å². The summed E-state index contributed by atoms with van der Waals surface area (Å²) >= 11 is 0. The van der Waals surface area contributed by atoms with Gasteiger partial charge in [0.2, 0.25) is 0 Å². The maximum atomic E-state index is 11.1. The quantitative estimate of drug-likeness (QED) is 0.875. The molecule has 17 heavy (non-hydrogen) atoms. The number of carbonyl (C=O) groups is 1. The van der Waals surface area contributed by atoms with E-state index in [1.807, 2.05) is 30.3 Å². The number of hydrogen-bond donors (Lipinski definition) is 1. The van der Waals surface area contributed by atoms with Crippen LogP contribution in [0.15, 0.2) is 36.7 Å². The molecule has 0 aliphatic heterocycles. The Kier molecular flexibility index (Phi) is 3.23. The lowest BCUT2D eigenvalue weighted by molar-refractivity contribution is 0.0684. The lowest BCUT2D eigenvalue weighted by Crippen LogP contribution is -2.10. The van der Waals surface area contributed by atoms with Gasteiger partial charge < -0.3 is 9.67 Å². The van der Waals surface area contributed by atoms with Gasteiger partial charge in [-0.1, -0.05) is 30.3 Å². The predicted molar refractivity (Wildman–Crippen MR) is 64.1 cm³/mol. The highest BCUT2D eigenvalue weighted by molar-refractivity contribution is 5.86. The minimum Gasteiger partial charge on any atom is -0.477 e. The molecule has 0 bridgehead atoms. The van der Waals surface area contributed by atoms with Crippen LogP contribution < -0.4 is 0 Å². The summed E-state index contributed by atoms with van der Waals surface area (Å²) in [5.41, 5.74) is 2.03. The van der Waals surface area contributed by atoms with E-state index in [0.29, 0.717) is 12.2 Å². The minimum absolute atomic E-state index is 0.279. The maximum Gasteiger partial charge on any atom is 0.354 e. The molecule has 0 amide bonds. The highest BCUT2D eigenvalue weighted by atomic mass is 16.4. The molecule has 2 aromatic rings. The lowest BCUT2D eigenvalue weighted by atomic mass is 10.1. The Labute approximate surface area is 99.5 Å². The van der Waals surface area contributed by atoms with E-state index in [0.717, 1.165) is 6.42 Å². The van der Waals surface area contributed by atoms with Crippen molar-refractivity contribution in [3.05, 3.63) is 53.6 Å². The second kappa shape index (κ2) is 4.82. The minimum atomic E-state index is -0.923. The van der Waals surface area contributed by atoms with Crippen LogP contribution in [-0.2, 0) is 13.0 Å². The molecule has 0 aliphatic rings. The van der Waals surface area contributed by atoms with E-state index < -0.39 is 5.97 Å². The first kappa shape index (κ1) is 11.4. The van der Waals surface area contributed by atoms with Crippen LogP contribution in [0.25, 0.3) is 0 Å². The Morgan fingerprint density at radius 2 is 2.06 bits per heavy atom. The van der Waals surface area contributed by atoms with Gasteiger partial charge in [0.05, 0.1) is 12.0 Å². The first-order valence-corrected chi connectivity index (χ1v) is 5.47. The molecule has 1 aromatic heterocycles. The molecule has 0 radical (unpaired) electrons. The number of nitrogens with zero attached hydrogens (tertiary/aromatic N) is 2. The fourth-order valence-corrected chi connectivity index (χ4v) is 1.82. The van der Waals surface area contributed by atoms with Gasteiger partial charge >= 0.3 is 5.97 Å². The first-order chi connectivity index (χ1) is 8.18. The van der Waals surface area contributed by atoms with E-state index in [4.69, 9.17) is 5.11 Å². The Balaban J connectivity index is 2.12. The molecule has 0 atom stereocenters. The zero-order chi connectivity index (χ0) is 12.3. The van der Waals surface area contributed by atoms with Crippen LogP contribution in [0.1, 0.15) is 21.7 Å². The molecule has 4 nitrogen and oxygen atoms in total. The molecule has 1 heterocycles. The number of carboxylic acid groups (broad SMARTS) is 1. The molecule has 88 valence electrons. The zero-order valence-corrected chi connectivity index (χ0v) is 9.63. The number of aryl methyl sites for hydroxylation is 3. The van der Waals surface area contributed by atoms with Gasteiger partial charge in [-0.15, -0.1) is 0 Å². The van der Waals surface area contributed by atoms with Crippen molar-refractivity contribution in [3.8, 4) is 0 Å². The van der Waals surface area contributed by atoms with E-state index in [9.17, 15) is 4.79 Å². The van der Waals surface area contributed by atoms with Crippen molar-refractivity contribution < 1.29 is 9.90 Å². The molecule has 2 rings (SSSR count). The van der Waals surface area contributed by atoms with Crippen LogP contribution in [0.3, 0.4) is 0 Å². The van der Waals surface area contributed by atoms with Crippen molar-refractivity contribution in [3.63, 3.8) is 0 Å². The highest BCUT2D eigenvalue weighted by Gasteiger charge is 2.14. The topological polar surface area (TPSA) is 55.1 Å². The number of carboxylic acids is 1. The van der Waals surface area contributed by atoms with Crippen LogP contribution in [0.5, 0.6) is 0 Å². The summed E-state index contributed by atoms with van der Waals surface area (Å²) in [5, 5.41) is 9.07. The summed E-state index contributed by atoms with van der Waals surface area (Å²) < 4.78 is 1.69. The molecule has 0 saturated carbocycles. The summed E-state index contributed by atoms with van der Waals surface area (Å²) in [6.07, 6.45) is 2.39. The standard InChI is InChI=1S/C13H14N2O2/c1-10-12(13(16)17)15(9-14-10)8-7-11-5-3-2-4-6-11/h2-6,9H,7-8H2,1H3,(H,16,17). The monoisotopic (exact) mass is 230 g/mol. The lowest BCUT2D eigenvalue weighted by Gasteiger charge is -2.05. The molecule has 1 aromatic carbocycles. The first-order valence-electron chi connectivity index (χ1n) is 5.47. The summed E-state index contributed by atoms with van der Waals surface area (Å²) in [6.45, 7) is 2.34. The number of rotatable bonds is 4. The fraction of sp³-hybridized carbons (Fsp3) is 0.231. The van der Waals surface area contributed by atoms with Crippen LogP contribution in [0, 0.1) is 6.92 Å². The SMILES string of the molecule is Cc1ncn(CCc2ccccc2)c1C(=O)O. The molecule has 0 fully saturated rings. The Hall–Kier alpha value is -2.10. The van der Waals surface area contributed by atoms with Crippen molar-refractivity contribution in [2.24, 2.45) is 0 Å². The second-order valence-corrected chi connectivity index (χ2v) is 3.91. The van der Waals surface area contributed by atoms with E-state index in [2.05, 4.69) is 4.98 Å². The van der Waals surface area contributed by atoms with E-state index in [1.165, 1.54) is 5.56 Å². The Morgan fingerprint density at radius 3 is 2.71 bits per heavy atom. The zero-order valence-electron chi connectivity index (χ0n) is 9.63. The second-order valence-electron chi connectivity index (χ2n) is 3.91. The number of aromatic carboxylic acids is 1. The summed E-state index contributed by atoms with van der Waals surface area (Å²) in [6, 6.07) is 9.99. The molecule has 1 N–H and O–H groups in total. The number of benzene rings is 1. The van der Waals surface area contributed by atoms with Crippen molar-refractivity contribution in [1.82, 2.24) is 9.55 Å². The third kappa shape index (κ3) is 2.53. The summed E-state index contributed by atoms with van der Waals surface area (Å²) in [5.74, 6) is -0.923. The summed E-state index contributed by atoms with van der Waals surface area (Å²) in [4.78, 5) is 15.1. The van der Waals surface area contributed by atoms with Gasteiger partial charge in [0.15, 0.2) is 0 Å². The smallest absolute Gasteiger partial charge is 0.354 e. The third-order valence-corrected chi connectivity index (χ3v) is 2.71. The molecular formula is C13H14N2O2. The molecular weight excluding hydrogens is 216 g/mol. The van der Waals surface area contributed by atoms with Gasteiger partial charge in [-0.25, -0.2) is 9.78 Å². The van der Waals surface area contributed by atoms with Gasteiger partial charge in [0, 0.05) is 6.54 Å². The van der Waals surface area contributed by atoms with E-state index >= 15 is 0 Å². The van der Waals surface area contributed by atoms with Crippen LogP contribution in [0.4, 0.5) is 0 Å². The predicted octanol–water partition coefficient (Wildman–Crippen LogP) is 2.13. The van der Waals surface area contributed by atoms with Gasteiger partial charge in [-0.3, -0.25) is 0 Å². The van der Waals surface area contributed by atoms with Gasteiger partial charge in [-0.2, -0.15) is 0 Å². The van der Waals surface area contributed by atoms with Gasteiger partial charge in [-0.05, 0) is 18.9 Å².